The maximum Gasteiger partial charge on any atom is 0.328 e. The van der Waals surface area contributed by atoms with Crippen molar-refractivity contribution in [2.45, 2.75) is 13.8 Å². The molecule has 0 unspecified atom stereocenters. The van der Waals surface area contributed by atoms with E-state index in [2.05, 4.69) is 20.9 Å². The van der Waals surface area contributed by atoms with Crippen molar-refractivity contribution in [3.63, 3.8) is 0 Å². The minimum atomic E-state index is -1.65. The number of carbonyl (C=O) groups is 3. The second-order valence-corrected chi connectivity index (χ2v) is 4.49. The van der Waals surface area contributed by atoms with Gasteiger partial charge in [0.15, 0.2) is 0 Å². The van der Waals surface area contributed by atoms with Crippen molar-refractivity contribution in [2.24, 2.45) is 5.92 Å². The van der Waals surface area contributed by atoms with Gasteiger partial charge in [0, 0.05) is 10.7 Å². The average Bonchev–Trinajstić information content (AvgIpc) is 2.40. The first-order valence-electron chi connectivity index (χ1n) is 6.00. The van der Waals surface area contributed by atoms with E-state index in [4.69, 9.17) is 9.47 Å². The lowest BCUT2D eigenvalue weighted by Crippen LogP contribution is -2.35. The normalized spacial score (nSPS) is 10.2. The summed E-state index contributed by atoms with van der Waals surface area (Å²) < 4.78 is 9.89. The van der Waals surface area contributed by atoms with Crippen molar-refractivity contribution >= 4 is 33.7 Å². The molecule has 0 aliphatic rings. The molecule has 1 aromatic rings. The summed E-state index contributed by atoms with van der Waals surface area (Å²) in [5.74, 6) is -4.28. The first-order chi connectivity index (χ1) is 9.52. The molecule has 0 spiro atoms. The molecule has 0 saturated carbocycles. The number of ketones is 1. The number of ether oxygens (including phenoxy) is 2. The summed E-state index contributed by atoms with van der Waals surface area (Å²) in [5, 5.41) is 0. The Morgan fingerprint density at radius 2 is 1.75 bits per heavy atom. The van der Waals surface area contributed by atoms with E-state index in [1.807, 2.05) is 0 Å². The molecular formula is C13H14BrNO5. The Kier molecular flexibility index (Phi) is 6.30. The number of Topliss-reactive ketones (excluding diaryl/α,β-unsaturated/α-hetero) is 1. The second-order valence-electron chi connectivity index (χ2n) is 3.64. The monoisotopic (exact) mass is 343 g/mol. The molecule has 0 N–H and O–H groups in total. The van der Waals surface area contributed by atoms with Gasteiger partial charge in [0.1, 0.15) is 5.69 Å². The minimum absolute atomic E-state index is 0.0152. The quantitative estimate of drug-likeness (QED) is 0.444. The van der Waals surface area contributed by atoms with Gasteiger partial charge < -0.3 is 9.47 Å². The van der Waals surface area contributed by atoms with E-state index in [0.717, 1.165) is 0 Å². The zero-order valence-electron chi connectivity index (χ0n) is 11.1. The summed E-state index contributed by atoms with van der Waals surface area (Å²) in [6.07, 6.45) is 1.39. The van der Waals surface area contributed by atoms with Crippen LogP contribution in [0.2, 0.25) is 0 Å². The van der Waals surface area contributed by atoms with Crippen molar-refractivity contribution in [3.05, 3.63) is 28.5 Å². The number of hydrogen-bond acceptors (Lipinski definition) is 6. The largest absolute Gasteiger partial charge is 0.465 e. The van der Waals surface area contributed by atoms with E-state index in [1.165, 1.54) is 6.20 Å². The molecule has 0 radical (unpaired) electrons. The van der Waals surface area contributed by atoms with Crippen LogP contribution in [0.5, 0.6) is 0 Å². The Hall–Kier alpha value is -1.76. The van der Waals surface area contributed by atoms with Crippen molar-refractivity contribution in [1.82, 2.24) is 4.98 Å². The zero-order chi connectivity index (χ0) is 15.1. The molecule has 0 bridgehead atoms. The lowest BCUT2D eigenvalue weighted by Gasteiger charge is -2.13. The van der Waals surface area contributed by atoms with E-state index in [9.17, 15) is 14.4 Å². The van der Waals surface area contributed by atoms with Crippen molar-refractivity contribution < 1.29 is 23.9 Å². The topological polar surface area (TPSA) is 82.6 Å². The molecule has 6 nitrogen and oxygen atoms in total. The molecule has 0 amide bonds. The highest BCUT2D eigenvalue weighted by Crippen LogP contribution is 2.19. The number of esters is 2. The lowest BCUT2D eigenvalue weighted by molar-refractivity contribution is -0.158. The van der Waals surface area contributed by atoms with E-state index >= 15 is 0 Å². The van der Waals surface area contributed by atoms with E-state index < -0.39 is 23.6 Å². The van der Waals surface area contributed by atoms with Crippen LogP contribution in [-0.4, -0.2) is 35.9 Å². The number of halogens is 1. The molecule has 1 rings (SSSR count). The van der Waals surface area contributed by atoms with Crippen molar-refractivity contribution in [2.75, 3.05) is 13.2 Å². The number of nitrogens with zero attached hydrogens (tertiary/aromatic N) is 1. The number of aromatic nitrogens is 1. The van der Waals surface area contributed by atoms with Crippen LogP contribution in [0.1, 0.15) is 24.3 Å². The SMILES string of the molecule is CCOC(=O)C(C(=O)OCC)C(=O)c1ncccc1Br. The summed E-state index contributed by atoms with van der Waals surface area (Å²) in [5.41, 5.74) is -0.0152. The molecule has 20 heavy (non-hydrogen) atoms. The van der Waals surface area contributed by atoms with Crippen LogP contribution in [0.4, 0.5) is 0 Å². The third-order valence-corrected chi connectivity index (χ3v) is 2.94. The Balaban J connectivity index is 3.10. The Morgan fingerprint density at radius 1 is 1.20 bits per heavy atom. The predicted octanol–water partition coefficient (Wildman–Crippen LogP) is 1.77. The van der Waals surface area contributed by atoms with Gasteiger partial charge in [0.25, 0.3) is 0 Å². The maximum absolute atomic E-state index is 12.3. The van der Waals surface area contributed by atoms with Gasteiger partial charge in [-0.1, -0.05) is 0 Å². The summed E-state index contributed by atoms with van der Waals surface area (Å²) in [4.78, 5) is 39.8. The van der Waals surface area contributed by atoms with Gasteiger partial charge in [-0.05, 0) is 41.9 Å². The fraction of sp³-hybridized carbons (Fsp3) is 0.385. The molecule has 1 heterocycles. The highest BCUT2D eigenvalue weighted by atomic mass is 79.9. The van der Waals surface area contributed by atoms with E-state index in [1.54, 1.807) is 26.0 Å². The van der Waals surface area contributed by atoms with Crippen LogP contribution < -0.4 is 0 Å². The van der Waals surface area contributed by atoms with Crippen LogP contribution in [-0.2, 0) is 19.1 Å². The van der Waals surface area contributed by atoms with Gasteiger partial charge in [-0.15, -0.1) is 0 Å². The average molecular weight is 344 g/mol. The van der Waals surface area contributed by atoms with Crippen LogP contribution in [0.3, 0.4) is 0 Å². The lowest BCUT2D eigenvalue weighted by atomic mass is 10.0. The van der Waals surface area contributed by atoms with Crippen molar-refractivity contribution in [3.8, 4) is 0 Å². The third kappa shape index (κ3) is 3.86. The minimum Gasteiger partial charge on any atom is -0.465 e. The van der Waals surface area contributed by atoms with Gasteiger partial charge in [-0.3, -0.25) is 19.4 Å². The fourth-order valence-corrected chi connectivity index (χ4v) is 1.92. The second kappa shape index (κ2) is 7.74. The summed E-state index contributed by atoms with van der Waals surface area (Å²) in [6.45, 7) is 3.29. The number of hydrogen-bond donors (Lipinski definition) is 0. The Morgan fingerprint density at radius 3 is 2.20 bits per heavy atom. The smallest absolute Gasteiger partial charge is 0.328 e. The van der Waals surface area contributed by atoms with Gasteiger partial charge in [0.05, 0.1) is 13.2 Å². The zero-order valence-corrected chi connectivity index (χ0v) is 12.7. The first kappa shape index (κ1) is 16.3. The van der Waals surface area contributed by atoms with E-state index in [0.29, 0.717) is 4.47 Å². The molecule has 7 heteroatoms. The Labute approximate surface area is 124 Å². The molecule has 0 aromatic carbocycles. The van der Waals surface area contributed by atoms with Gasteiger partial charge in [-0.2, -0.15) is 0 Å². The summed E-state index contributed by atoms with van der Waals surface area (Å²) in [6, 6.07) is 3.21. The summed E-state index contributed by atoms with van der Waals surface area (Å²) in [7, 11) is 0. The molecule has 108 valence electrons. The van der Waals surface area contributed by atoms with Gasteiger partial charge in [0.2, 0.25) is 11.7 Å². The standard InChI is InChI=1S/C13H14BrNO5/c1-3-19-12(17)9(13(18)20-4-2)11(16)10-8(14)6-5-7-15-10/h5-7,9H,3-4H2,1-2H3. The van der Waals surface area contributed by atoms with Crippen LogP contribution >= 0.6 is 15.9 Å². The molecular weight excluding hydrogens is 330 g/mol. The van der Waals surface area contributed by atoms with Gasteiger partial charge >= 0.3 is 11.9 Å². The van der Waals surface area contributed by atoms with Crippen LogP contribution in [0, 0.1) is 5.92 Å². The molecule has 0 saturated heterocycles. The van der Waals surface area contributed by atoms with E-state index in [-0.39, 0.29) is 18.9 Å². The molecule has 0 aliphatic carbocycles. The number of carbonyl (C=O) groups excluding carboxylic acids is 3. The van der Waals surface area contributed by atoms with Crippen LogP contribution in [0.15, 0.2) is 22.8 Å². The third-order valence-electron chi connectivity index (χ3n) is 2.30. The first-order valence-corrected chi connectivity index (χ1v) is 6.80. The number of rotatable bonds is 6. The highest BCUT2D eigenvalue weighted by molar-refractivity contribution is 9.10. The van der Waals surface area contributed by atoms with Gasteiger partial charge in [-0.25, -0.2) is 0 Å². The van der Waals surface area contributed by atoms with Crippen molar-refractivity contribution in [1.29, 1.82) is 0 Å². The Bertz CT molecular complexity index is 499. The number of pyridine rings is 1. The molecule has 0 atom stereocenters. The molecule has 1 aromatic heterocycles. The molecule has 0 fully saturated rings. The van der Waals surface area contributed by atoms with Crippen LogP contribution in [0.25, 0.3) is 0 Å². The maximum atomic E-state index is 12.3. The molecule has 0 aliphatic heterocycles. The summed E-state index contributed by atoms with van der Waals surface area (Å²) >= 11 is 3.15. The fourth-order valence-electron chi connectivity index (χ4n) is 1.47. The highest BCUT2D eigenvalue weighted by Gasteiger charge is 2.38. The predicted molar refractivity (Wildman–Crippen MR) is 73.0 cm³/mol.